The third-order valence-electron chi connectivity index (χ3n) is 1.68. The Morgan fingerprint density at radius 3 is 2.38 bits per heavy atom. The number of ether oxygens (including phenoxy) is 1. The third kappa shape index (κ3) is 0.857. The Balaban J connectivity index is 2.26. The average molecular weight is 112 g/mol. The highest BCUT2D eigenvalue weighted by atomic mass is 16.5. The second-order valence-corrected chi connectivity index (χ2v) is 2.98. The lowest BCUT2D eigenvalue weighted by atomic mass is 10.2. The molecule has 0 aromatic rings. The van der Waals surface area contributed by atoms with Crippen molar-refractivity contribution in [1.82, 2.24) is 0 Å². The lowest BCUT2D eigenvalue weighted by Crippen LogP contribution is -1.95. The number of hydrogen-bond acceptors (Lipinski definition) is 1. The molecule has 0 radical (unpaired) electrons. The van der Waals surface area contributed by atoms with Crippen LogP contribution < -0.4 is 0 Å². The van der Waals surface area contributed by atoms with Crippen LogP contribution in [0.2, 0.25) is 0 Å². The summed E-state index contributed by atoms with van der Waals surface area (Å²) >= 11 is 0. The van der Waals surface area contributed by atoms with E-state index in [1.165, 1.54) is 12.7 Å². The van der Waals surface area contributed by atoms with Crippen molar-refractivity contribution in [2.75, 3.05) is 0 Å². The zero-order valence-corrected chi connectivity index (χ0v) is 5.48. The van der Waals surface area contributed by atoms with E-state index in [1.54, 1.807) is 0 Å². The summed E-state index contributed by atoms with van der Waals surface area (Å²) < 4.78 is 5.13. The molecule has 8 heavy (non-hydrogen) atoms. The summed E-state index contributed by atoms with van der Waals surface area (Å²) in [5.74, 6) is 0. The van der Waals surface area contributed by atoms with Gasteiger partial charge in [0.25, 0.3) is 0 Å². The Morgan fingerprint density at radius 2 is 2.25 bits per heavy atom. The monoisotopic (exact) mass is 112 g/mol. The highest BCUT2D eigenvalue weighted by molar-refractivity contribution is 4.97. The molecule has 0 aliphatic heterocycles. The fourth-order valence-corrected chi connectivity index (χ4v) is 0.767. The highest BCUT2D eigenvalue weighted by Gasteiger charge is 2.47. The van der Waals surface area contributed by atoms with Gasteiger partial charge in [0.2, 0.25) is 0 Å². The molecule has 1 nitrogen and oxygen atoms in total. The molecule has 0 unspecified atom stereocenters. The molecule has 1 heteroatoms. The standard InChI is InChI=1S/C7H12O/c1-4-8-6-5-7(6,2)3/h4,6H,1,5H2,2-3H3/t6-/m0/s1. The molecular weight excluding hydrogens is 100 g/mol. The lowest BCUT2D eigenvalue weighted by molar-refractivity contribution is 0.199. The van der Waals surface area contributed by atoms with E-state index in [4.69, 9.17) is 4.74 Å². The van der Waals surface area contributed by atoms with E-state index in [0.29, 0.717) is 11.5 Å². The van der Waals surface area contributed by atoms with Gasteiger partial charge in [-0.15, -0.1) is 0 Å². The predicted molar refractivity (Wildman–Crippen MR) is 33.5 cm³/mol. The van der Waals surface area contributed by atoms with Crippen LogP contribution in [0.15, 0.2) is 12.8 Å². The van der Waals surface area contributed by atoms with E-state index < -0.39 is 0 Å². The van der Waals surface area contributed by atoms with E-state index in [2.05, 4.69) is 20.4 Å². The van der Waals surface area contributed by atoms with Gasteiger partial charge in [0, 0.05) is 5.41 Å². The van der Waals surface area contributed by atoms with Crippen molar-refractivity contribution in [3.8, 4) is 0 Å². The summed E-state index contributed by atoms with van der Waals surface area (Å²) in [4.78, 5) is 0. The lowest BCUT2D eigenvalue weighted by Gasteiger charge is -1.99. The van der Waals surface area contributed by atoms with Gasteiger partial charge >= 0.3 is 0 Å². The zero-order valence-electron chi connectivity index (χ0n) is 5.48. The van der Waals surface area contributed by atoms with Crippen LogP contribution in [0.4, 0.5) is 0 Å². The van der Waals surface area contributed by atoms with Gasteiger partial charge in [0.15, 0.2) is 0 Å². The number of hydrogen-bond donors (Lipinski definition) is 0. The summed E-state index contributed by atoms with van der Waals surface area (Å²) in [6.45, 7) is 7.88. The molecule has 46 valence electrons. The Bertz CT molecular complexity index is 105. The summed E-state index contributed by atoms with van der Waals surface area (Å²) in [5, 5.41) is 0. The maximum atomic E-state index is 5.13. The van der Waals surface area contributed by atoms with Crippen LogP contribution in [-0.2, 0) is 4.74 Å². The van der Waals surface area contributed by atoms with E-state index >= 15 is 0 Å². The van der Waals surface area contributed by atoms with Gasteiger partial charge in [-0.3, -0.25) is 0 Å². The first-order chi connectivity index (χ1) is 3.67. The van der Waals surface area contributed by atoms with Crippen molar-refractivity contribution in [2.45, 2.75) is 26.4 Å². The molecule has 1 saturated carbocycles. The van der Waals surface area contributed by atoms with Crippen LogP contribution in [0.5, 0.6) is 0 Å². The maximum absolute atomic E-state index is 5.13. The summed E-state index contributed by atoms with van der Waals surface area (Å²) in [6.07, 6.45) is 3.15. The maximum Gasteiger partial charge on any atom is 0.104 e. The average Bonchev–Trinajstić information content (AvgIpc) is 2.15. The summed E-state index contributed by atoms with van der Waals surface area (Å²) in [5.41, 5.74) is 0.425. The fraction of sp³-hybridized carbons (Fsp3) is 0.714. The minimum Gasteiger partial charge on any atom is -0.498 e. The van der Waals surface area contributed by atoms with Gasteiger partial charge in [-0.25, -0.2) is 0 Å². The van der Waals surface area contributed by atoms with Crippen LogP contribution in [0.25, 0.3) is 0 Å². The Kier molecular flexibility index (Phi) is 1.07. The molecule has 0 heterocycles. The summed E-state index contributed by atoms with van der Waals surface area (Å²) in [7, 11) is 0. The second kappa shape index (κ2) is 1.51. The fourth-order valence-electron chi connectivity index (χ4n) is 0.767. The van der Waals surface area contributed by atoms with Gasteiger partial charge in [0.1, 0.15) is 6.10 Å². The Hall–Kier alpha value is -0.460. The smallest absolute Gasteiger partial charge is 0.104 e. The van der Waals surface area contributed by atoms with Crippen molar-refractivity contribution in [3.63, 3.8) is 0 Å². The van der Waals surface area contributed by atoms with Gasteiger partial charge in [0.05, 0.1) is 6.26 Å². The van der Waals surface area contributed by atoms with Crippen molar-refractivity contribution >= 4 is 0 Å². The van der Waals surface area contributed by atoms with E-state index in [1.807, 2.05) is 0 Å². The quantitative estimate of drug-likeness (QED) is 0.496. The minimum absolute atomic E-state index is 0.425. The Morgan fingerprint density at radius 1 is 1.75 bits per heavy atom. The van der Waals surface area contributed by atoms with Gasteiger partial charge in [-0.1, -0.05) is 20.4 Å². The topological polar surface area (TPSA) is 9.23 Å². The highest BCUT2D eigenvalue weighted by Crippen LogP contribution is 2.47. The minimum atomic E-state index is 0.425. The third-order valence-corrected chi connectivity index (χ3v) is 1.68. The van der Waals surface area contributed by atoms with E-state index in [0.717, 1.165) is 0 Å². The van der Waals surface area contributed by atoms with Crippen molar-refractivity contribution in [1.29, 1.82) is 0 Å². The molecule has 0 N–H and O–H groups in total. The first-order valence-corrected chi connectivity index (χ1v) is 2.93. The molecule has 0 spiro atoms. The number of rotatable bonds is 2. The van der Waals surface area contributed by atoms with Crippen molar-refractivity contribution in [2.24, 2.45) is 5.41 Å². The Labute approximate surface area is 50.3 Å². The van der Waals surface area contributed by atoms with Gasteiger partial charge in [-0.05, 0) is 6.42 Å². The first-order valence-electron chi connectivity index (χ1n) is 2.93. The van der Waals surface area contributed by atoms with E-state index in [9.17, 15) is 0 Å². The molecule has 1 fully saturated rings. The predicted octanol–water partition coefficient (Wildman–Crippen LogP) is 1.95. The van der Waals surface area contributed by atoms with Crippen LogP contribution in [0.1, 0.15) is 20.3 Å². The summed E-state index contributed by atoms with van der Waals surface area (Å²) in [6, 6.07) is 0. The SMILES string of the molecule is C=CO[C@H]1CC1(C)C. The molecule has 0 saturated heterocycles. The van der Waals surface area contributed by atoms with Gasteiger partial charge in [-0.2, -0.15) is 0 Å². The first kappa shape index (κ1) is 5.67. The largest absolute Gasteiger partial charge is 0.498 e. The molecule has 1 aliphatic rings. The van der Waals surface area contributed by atoms with Crippen LogP contribution in [-0.4, -0.2) is 6.10 Å². The van der Waals surface area contributed by atoms with Crippen LogP contribution >= 0.6 is 0 Å². The van der Waals surface area contributed by atoms with Crippen molar-refractivity contribution in [3.05, 3.63) is 12.8 Å². The molecule has 1 rings (SSSR count). The molecule has 1 atom stereocenters. The molecule has 0 amide bonds. The molecule has 0 aromatic heterocycles. The molecular formula is C7H12O. The van der Waals surface area contributed by atoms with E-state index in [-0.39, 0.29) is 0 Å². The normalized spacial score (nSPS) is 31.5. The van der Waals surface area contributed by atoms with Crippen LogP contribution in [0, 0.1) is 5.41 Å². The zero-order chi connectivity index (χ0) is 6.20. The van der Waals surface area contributed by atoms with Crippen LogP contribution in [0.3, 0.4) is 0 Å². The molecule has 0 aromatic carbocycles. The molecule has 0 bridgehead atoms. The van der Waals surface area contributed by atoms with Gasteiger partial charge < -0.3 is 4.74 Å². The second-order valence-electron chi connectivity index (χ2n) is 2.98. The van der Waals surface area contributed by atoms with Crippen molar-refractivity contribution < 1.29 is 4.74 Å². The molecule has 1 aliphatic carbocycles.